The van der Waals surface area contributed by atoms with Crippen LogP contribution in [-0.2, 0) is 0 Å². The highest BCUT2D eigenvalue weighted by molar-refractivity contribution is 5.75. The zero-order valence-electron chi connectivity index (χ0n) is 9.51. The van der Waals surface area contributed by atoms with Crippen molar-refractivity contribution in [1.29, 1.82) is 0 Å². The van der Waals surface area contributed by atoms with Crippen LogP contribution in [0.4, 0.5) is 5.69 Å². The van der Waals surface area contributed by atoms with Gasteiger partial charge in [0.05, 0.1) is 5.69 Å². The number of anilines is 1. The lowest BCUT2D eigenvalue weighted by Gasteiger charge is -2.12. The Balaban J connectivity index is 2.60. The van der Waals surface area contributed by atoms with Gasteiger partial charge >= 0.3 is 0 Å². The van der Waals surface area contributed by atoms with Crippen LogP contribution in [-0.4, -0.2) is 9.97 Å². The number of nitrogens with two attached hydrogens (primary N) is 1. The second kappa shape index (κ2) is 4.31. The van der Waals surface area contributed by atoms with Gasteiger partial charge in [-0.3, -0.25) is 0 Å². The van der Waals surface area contributed by atoms with Gasteiger partial charge in [-0.25, -0.2) is 9.97 Å². The van der Waals surface area contributed by atoms with Crippen molar-refractivity contribution >= 4 is 5.69 Å². The molecular weight excluding hydrogens is 198 g/mol. The number of aromatic nitrogens is 2. The standard InChI is InChI=1S/C13H15N3/c1-9(2)11-7-15-8-16-13(11)10-5-3-4-6-12(10)14/h3-9H,14H2,1-2H3. The molecule has 0 aliphatic rings. The molecule has 0 aliphatic heterocycles. The highest BCUT2D eigenvalue weighted by Crippen LogP contribution is 2.29. The minimum atomic E-state index is 0.385. The first-order valence-electron chi connectivity index (χ1n) is 5.35. The van der Waals surface area contributed by atoms with Gasteiger partial charge in [-0.2, -0.15) is 0 Å². The quantitative estimate of drug-likeness (QED) is 0.780. The molecule has 1 aromatic heterocycles. The Morgan fingerprint density at radius 2 is 1.94 bits per heavy atom. The predicted octanol–water partition coefficient (Wildman–Crippen LogP) is 2.85. The van der Waals surface area contributed by atoms with Crippen molar-refractivity contribution in [3.8, 4) is 11.3 Å². The molecule has 0 atom stereocenters. The van der Waals surface area contributed by atoms with Gasteiger partial charge in [0, 0.05) is 17.4 Å². The van der Waals surface area contributed by atoms with E-state index in [0.29, 0.717) is 5.92 Å². The van der Waals surface area contributed by atoms with E-state index in [0.717, 1.165) is 22.5 Å². The summed E-state index contributed by atoms with van der Waals surface area (Å²) in [7, 11) is 0. The molecule has 0 fully saturated rings. The van der Waals surface area contributed by atoms with Crippen LogP contribution in [0.25, 0.3) is 11.3 Å². The summed E-state index contributed by atoms with van der Waals surface area (Å²) in [6.07, 6.45) is 3.42. The van der Waals surface area contributed by atoms with E-state index < -0.39 is 0 Å². The topological polar surface area (TPSA) is 51.8 Å². The second-order valence-electron chi connectivity index (χ2n) is 4.07. The molecule has 0 radical (unpaired) electrons. The summed E-state index contributed by atoms with van der Waals surface area (Å²) in [5, 5.41) is 0. The first kappa shape index (κ1) is 10.6. The maximum atomic E-state index is 5.96. The Labute approximate surface area is 95.4 Å². The Morgan fingerprint density at radius 1 is 1.19 bits per heavy atom. The van der Waals surface area contributed by atoms with Crippen LogP contribution in [0.5, 0.6) is 0 Å². The van der Waals surface area contributed by atoms with Gasteiger partial charge in [0.25, 0.3) is 0 Å². The molecule has 1 heterocycles. The van der Waals surface area contributed by atoms with E-state index in [1.54, 1.807) is 6.33 Å². The van der Waals surface area contributed by atoms with E-state index in [-0.39, 0.29) is 0 Å². The normalized spacial score (nSPS) is 10.7. The van der Waals surface area contributed by atoms with Crippen LogP contribution in [0.2, 0.25) is 0 Å². The van der Waals surface area contributed by atoms with Crippen molar-refractivity contribution in [3.05, 3.63) is 42.4 Å². The lowest BCUT2D eigenvalue weighted by molar-refractivity contribution is 0.849. The Hall–Kier alpha value is -1.90. The molecule has 3 heteroatoms. The molecule has 0 unspecified atom stereocenters. The first-order chi connectivity index (χ1) is 7.70. The molecular formula is C13H15N3. The van der Waals surface area contributed by atoms with E-state index >= 15 is 0 Å². The molecule has 2 N–H and O–H groups in total. The van der Waals surface area contributed by atoms with Crippen LogP contribution in [0.3, 0.4) is 0 Å². The van der Waals surface area contributed by atoms with Crippen molar-refractivity contribution in [3.63, 3.8) is 0 Å². The number of nitrogens with zero attached hydrogens (tertiary/aromatic N) is 2. The smallest absolute Gasteiger partial charge is 0.116 e. The Morgan fingerprint density at radius 3 is 2.62 bits per heavy atom. The number of nitrogen functional groups attached to an aromatic ring is 1. The molecule has 3 nitrogen and oxygen atoms in total. The third kappa shape index (κ3) is 1.89. The van der Waals surface area contributed by atoms with E-state index in [9.17, 15) is 0 Å². The fraction of sp³-hybridized carbons (Fsp3) is 0.231. The Kier molecular flexibility index (Phi) is 2.86. The molecule has 0 aliphatic carbocycles. The Bertz CT molecular complexity index is 492. The van der Waals surface area contributed by atoms with Gasteiger partial charge < -0.3 is 5.73 Å². The molecule has 0 spiro atoms. The van der Waals surface area contributed by atoms with Gasteiger partial charge in [-0.1, -0.05) is 32.0 Å². The van der Waals surface area contributed by atoms with Crippen molar-refractivity contribution in [2.45, 2.75) is 19.8 Å². The van der Waals surface area contributed by atoms with Gasteiger partial charge in [0.1, 0.15) is 6.33 Å². The van der Waals surface area contributed by atoms with Crippen molar-refractivity contribution in [2.75, 3.05) is 5.73 Å². The zero-order chi connectivity index (χ0) is 11.5. The minimum Gasteiger partial charge on any atom is -0.398 e. The fourth-order valence-corrected chi connectivity index (χ4v) is 1.70. The van der Waals surface area contributed by atoms with Crippen LogP contribution in [0.1, 0.15) is 25.3 Å². The van der Waals surface area contributed by atoms with Crippen LogP contribution >= 0.6 is 0 Å². The second-order valence-corrected chi connectivity index (χ2v) is 4.07. The maximum absolute atomic E-state index is 5.96. The summed E-state index contributed by atoms with van der Waals surface area (Å²) in [6, 6.07) is 7.78. The molecule has 82 valence electrons. The number of hydrogen-bond donors (Lipinski definition) is 1. The van der Waals surface area contributed by atoms with E-state index in [1.807, 2.05) is 30.5 Å². The lowest BCUT2D eigenvalue weighted by Crippen LogP contribution is -1.99. The monoisotopic (exact) mass is 213 g/mol. The summed E-state index contributed by atoms with van der Waals surface area (Å²) in [5.41, 5.74) is 9.75. The maximum Gasteiger partial charge on any atom is 0.116 e. The minimum absolute atomic E-state index is 0.385. The number of benzene rings is 1. The number of para-hydroxylation sites is 1. The third-order valence-corrected chi connectivity index (χ3v) is 2.58. The van der Waals surface area contributed by atoms with E-state index in [4.69, 9.17) is 5.73 Å². The highest BCUT2D eigenvalue weighted by Gasteiger charge is 2.11. The van der Waals surface area contributed by atoms with E-state index in [2.05, 4.69) is 23.8 Å². The third-order valence-electron chi connectivity index (χ3n) is 2.58. The summed E-state index contributed by atoms with van der Waals surface area (Å²) >= 11 is 0. The molecule has 0 amide bonds. The zero-order valence-corrected chi connectivity index (χ0v) is 9.51. The van der Waals surface area contributed by atoms with Crippen LogP contribution < -0.4 is 5.73 Å². The number of hydrogen-bond acceptors (Lipinski definition) is 3. The fourth-order valence-electron chi connectivity index (χ4n) is 1.70. The molecule has 2 rings (SSSR count). The largest absolute Gasteiger partial charge is 0.398 e. The summed E-state index contributed by atoms with van der Waals surface area (Å²) in [6.45, 7) is 4.25. The highest BCUT2D eigenvalue weighted by atomic mass is 14.8. The number of rotatable bonds is 2. The molecule has 1 aromatic carbocycles. The first-order valence-corrected chi connectivity index (χ1v) is 5.35. The van der Waals surface area contributed by atoms with Crippen LogP contribution in [0.15, 0.2) is 36.8 Å². The van der Waals surface area contributed by atoms with Crippen molar-refractivity contribution in [2.24, 2.45) is 0 Å². The predicted molar refractivity (Wildman–Crippen MR) is 66.0 cm³/mol. The van der Waals surface area contributed by atoms with Gasteiger partial charge in [0.15, 0.2) is 0 Å². The summed E-state index contributed by atoms with van der Waals surface area (Å²) in [5.74, 6) is 0.385. The van der Waals surface area contributed by atoms with Gasteiger partial charge in [-0.15, -0.1) is 0 Å². The molecule has 16 heavy (non-hydrogen) atoms. The van der Waals surface area contributed by atoms with Crippen molar-refractivity contribution in [1.82, 2.24) is 9.97 Å². The molecule has 0 bridgehead atoms. The average molecular weight is 213 g/mol. The SMILES string of the molecule is CC(C)c1cncnc1-c1ccccc1N. The average Bonchev–Trinajstić information content (AvgIpc) is 2.29. The molecule has 2 aromatic rings. The van der Waals surface area contributed by atoms with Gasteiger partial charge in [0.2, 0.25) is 0 Å². The summed E-state index contributed by atoms with van der Waals surface area (Å²) < 4.78 is 0. The van der Waals surface area contributed by atoms with Gasteiger partial charge in [-0.05, 0) is 17.5 Å². The molecule has 0 saturated carbocycles. The molecule has 0 saturated heterocycles. The van der Waals surface area contributed by atoms with Crippen molar-refractivity contribution < 1.29 is 0 Å². The van der Waals surface area contributed by atoms with Crippen LogP contribution in [0, 0.1) is 0 Å². The lowest BCUT2D eigenvalue weighted by atomic mass is 9.98. The summed E-state index contributed by atoms with van der Waals surface area (Å²) in [4.78, 5) is 8.41. The van der Waals surface area contributed by atoms with E-state index in [1.165, 1.54) is 0 Å².